The van der Waals surface area contributed by atoms with Crippen LogP contribution in [0.5, 0.6) is 5.88 Å². The van der Waals surface area contributed by atoms with Crippen LogP contribution in [0.25, 0.3) is 16.9 Å². The lowest BCUT2D eigenvalue weighted by Gasteiger charge is -2.43. The van der Waals surface area contributed by atoms with Crippen molar-refractivity contribution in [1.82, 2.24) is 24.4 Å². The fourth-order valence-corrected chi connectivity index (χ4v) is 7.05. The molecule has 1 aliphatic carbocycles. The van der Waals surface area contributed by atoms with Crippen molar-refractivity contribution in [2.75, 3.05) is 40.0 Å². The van der Waals surface area contributed by atoms with Gasteiger partial charge in [0.2, 0.25) is 5.88 Å². The van der Waals surface area contributed by atoms with Gasteiger partial charge in [-0.2, -0.15) is 4.98 Å². The van der Waals surface area contributed by atoms with Crippen molar-refractivity contribution < 1.29 is 24.1 Å². The summed E-state index contributed by atoms with van der Waals surface area (Å²) in [6.07, 6.45) is 11.1. The lowest BCUT2D eigenvalue weighted by molar-refractivity contribution is -0.222. The molecule has 4 fully saturated rings. The van der Waals surface area contributed by atoms with E-state index in [0.717, 1.165) is 64.7 Å². The largest absolute Gasteiger partial charge is 0.504 e. The number of fused-ring (bicyclic) bond motifs is 1. The molecule has 0 bridgehead atoms. The van der Waals surface area contributed by atoms with E-state index in [1.54, 1.807) is 7.05 Å². The van der Waals surface area contributed by atoms with Gasteiger partial charge in [-0.05, 0) is 77.5 Å². The number of rotatable bonds is 8. The normalized spacial score (nSPS) is 27.8. The first-order valence-electron chi connectivity index (χ1n) is 17.6. The van der Waals surface area contributed by atoms with Crippen LogP contribution in [0.1, 0.15) is 104 Å². The second kappa shape index (κ2) is 17.1. The maximum atomic E-state index is 12.5. The van der Waals surface area contributed by atoms with Gasteiger partial charge >= 0.3 is 5.69 Å². The minimum Gasteiger partial charge on any atom is -0.504 e. The molecule has 0 amide bonds. The predicted octanol–water partition coefficient (Wildman–Crippen LogP) is 5.06. The SMILES string of the molecule is C1CCOCC1.CC.CCC/C(=C(/O)c1nc(OCC2CCCN2C)c2c(n1)[nH]c(=O)n2C)C(N)C1CCCCC12OCC(C)O2. The molecular weight excluding hydrogens is 588 g/mol. The molecule has 0 aromatic carbocycles. The molecule has 3 saturated heterocycles. The second-order valence-corrected chi connectivity index (χ2v) is 12.9. The minimum atomic E-state index is -0.729. The molecule has 5 heterocycles. The average molecular weight is 647 g/mol. The van der Waals surface area contributed by atoms with Crippen LogP contribution in [0.2, 0.25) is 0 Å². The molecule has 1 spiro atoms. The highest BCUT2D eigenvalue weighted by Gasteiger charge is 2.51. The molecule has 260 valence electrons. The summed E-state index contributed by atoms with van der Waals surface area (Å²) in [5, 5.41) is 11.6. The van der Waals surface area contributed by atoms with Crippen LogP contribution in [-0.2, 0) is 21.3 Å². The molecule has 0 radical (unpaired) electrons. The van der Waals surface area contributed by atoms with Crippen LogP contribution in [0.15, 0.2) is 10.4 Å². The first kappa shape index (κ1) is 36.3. The third-order valence-corrected chi connectivity index (χ3v) is 9.57. The van der Waals surface area contributed by atoms with Crippen LogP contribution in [0.4, 0.5) is 0 Å². The lowest BCUT2D eigenvalue weighted by Crippen LogP contribution is -2.51. The average Bonchev–Trinajstić information content (AvgIpc) is 3.76. The van der Waals surface area contributed by atoms with Crippen molar-refractivity contribution in [3.8, 4) is 5.88 Å². The van der Waals surface area contributed by atoms with E-state index in [0.29, 0.717) is 36.4 Å². The standard InChI is InChI=1S/C27H42N6O5.C5H10O.C2H6/c1-5-9-18(20(28)19-11-6-7-12-27(19)37-14-16(2)38-27)22(34)24-29-23-21(33(4)26(35)31-23)25(30-24)36-15-17-10-8-13-32(17)3;1-2-4-6-5-3-1;1-2/h16-17,19-20,34H,5-15,28H2,1-4H3,(H,29,30,31,35);1-5H2;1-2H3/b22-18-;;. The van der Waals surface area contributed by atoms with Gasteiger partial charge in [-0.3, -0.25) is 9.55 Å². The quantitative estimate of drug-likeness (QED) is 0.332. The number of aryl methyl sites for hydroxylation is 1. The Morgan fingerprint density at radius 2 is 1.89 bits per heavy atom. The number of ether oxygens (including phenoxy) is 4. The number of hydrogen-bond acceptors (Lipinski definition) is 10. The number of imidazole rings is 1. The first-order chi connectivity index (χ1) is 22.2. The van der Waals surface area contributed by atoms with Gasteiger partial charge < -0.3 is 34.7 Å². The van der Waals surface area contributed by atoms with Crippen LogP contribution in [0.3, 0.4) is 0 Å². The number of aromatic amines is 1. The summed E-state index contributed by atoms with van der Waals surface area (Å²) >= 11 is 0. The molecule has 1 saturated carbocycles. The molecule has 6 rings (SSSR count). The fraction of sp³-hybridized carbons (Fsp3) is 0.794. The van der Waals surface area contributed by atoms with E-state index in [1.807, 2.05) is 27.7 Å². The molecule has 4 aliphatic rings. The van der Waals surface area contributed by atoms with Crippen molar-refractivity contribution in [1.29, 1.82) is 0 Å². The second-order valence-electron chi connectivity index (χ2n) is 12.9. The van der Waals surface area contributed by atoms with Crippen molar-refractivity contribution in [2.24, 2.45) is 18.7 Å². The van der Waals surface area contributed by atoms with Crippen LogP contribution in [0, 0.1) is 5.92 Å². The highest BCUT2D eigenvalue weighted by molar-refractivity contribution is 5.78. The number of aliphatic hydroxyl groups is 1. The molecule has 46 heavy (non-hydrogen) atoms. The third-order valence-electron chi connectivity index (χ3n) is 9.57. The molecule has 5 unspecified atom stereocenters. The number of H-pyrrole nitrogens is 1. The van der Waals surface area contributed by atoms with Crippen LogP contribution < -0.4 is 16.2 Å². The molecule has 2 aromatic rings. The highest BCUT2D eigenvalue weighted by atomic mass is 16.7. The van der Waals surface area contributed by atoms with Crippen molar-refractivity contribution in [3.05, 3.63) is 21.9 Å². The van der Waals surface area contributed by atoms with Gasteiger partial charge in [0.15, 0.2) is 28.5 Å². The Morgan fingerprint density at radius 1 is 1.13 bits per heavy atom. The first-order valence-corrected chi connectivity index (χ1v) is 17.6. The van der Waals surface area contributed by atoms with Crippen LogP contribution >= 0.6 is 0 Å². The van der Waals surface area contributed by atoms with Crippen LogP contribution in [-0.4, -0.2) is 93.5 Å². The summed E-state index contributed by atoms with van der Waals surface area (Å²) < 4.78 is 25.2. The number of nitrogens with zero attached hydrogens (tertiary/aromatic N) is 4. The zero-order chi connectivity index (χ0) is 33.3. The monoisotopic (exact) mass is 646 g/mol. The Labute approximate surface area is 274 Å². The lowest BCUT2D eigenvalue weighted by atomic mass is 9.75. The molecule has 4 N–H and O–H groups in total. The molecule has 5 atom stereocenters. The minimum absolute atomic E-state index is 0.00858. The number of hydrogen-bond donors (Lipinski definition) is 3. The number of aliphatic hydroxyl groups excluding tert-OH is 1. The van der Waals surface area contributed by atoms with Gasteiger partial charge in [-0.1, -0.05) is 33.6 Å². The molecule has 12 nitrogen and oxygen atoms in total. The maximum Gasteiger partial charge on any atom is 0.327 e. The fourth-order valence-electron chi connectivity index (χ4n) is 7.05. The summed E-state index contributed by atoms with van der Waals surface area (Å²) in [5.74, 6) is -0.528. The molecule has 12 heteroatoms. The van der Waals surface area contributed by atoms with Crippen molar-refractivity contribution in [2.45, 2.75) is 122 Å². The Kier molecular flexibility index (Phi) is 13.5. The molecule has 3 aliphatic heterocycles. The van der Waals surface area contributed by atoms with Gasteiger partial charge in [0, 0.05) is 44.7 Å². The summed E-state index contributed by atoms with van der Waals surface area (Å²) in [4.78, 5) is 26.7. The Morgan fingerprint density at radius 3 is 2.48 bits per heavy atom. The third kappa shape index (κ3) is 8.31. The topological polar surface area (TPSA) is 150 Å². The number of likely N-dealkylation sites (N-methyl/N-ethyl adjacent to an activating group) is 1. The van der Waals surface area contributed by atoms with Gasteiger partial charge in [0.1, 0.15) is 6.61 Å². The Hall–Kier alpha value is -2.51. The molecule has 2 aromatic heterocycles. The molecular formula is C34H58N6O6. The summed E-state index contributed by atoms with van der Waals surface area (Å²) in [7, 11) is 3.73. The number of aromatic nitrogens is 4. The van der Waals surface area contributed by atoms with E-state index >= 15 is 0 Å². The summed E-state index contributed by atoms with van der Waals surface area (Å²) in [6, 6.07) is -0.227. The highest BCUT2D eigenvalue weighted by Crippen LogP contribution is 2.45. The van der Waals surface area contributed by atoms with E-state index < -0.39 is 11.8 Å². The Bertz CT molecular complexity index is 1320. The maximum absolute atomic E-state index is 12.5. The number of nitrogens with one attached hydrogen (secondary N) is 1. The predicted molar refractivity (Wildman–Crippen MR) is 180 cm³/mol. The zero-order valence-corrected chi connectivity index (χ0v) is 29.0. The van der Waals surface area contributed by atoms with E-state index in [2.05, 4.69) is 26.9 Å². The van der Waals surface area contributed by atoms with Crippen molar-refractivity contribution in [3.63, 3.8) is 0 Å². The van der Waals surface area contributed by atoms with E-state index in [-0.39, 0.29) is 41.2 Å². The summed E-state index contributed by atoms with van der Waals surface area (Å²) in [6.45, 7) is 12.1. The number of likely N-dealkylation sites (tertiary alicyclic amines) is 1. The van der Waals surface area contributed by atoms with Gasteiger partial charge in [0.05, 0.1) is 12.7 Å². The van der Waals surface area contributed by atoms with E-state index in [4.69, 9.17) is 24.7 Å². The number of nitrogens with two attached hydrogens (primary N) is 1. The van der Waals surface area contributed by atoms with E-state index in [9.17, 15) is 9.90 Å². The van der Waals surface area contributed by atoms with Gasteiger partial charge in [-0.25, -0.2) is 9.78 Å². The Balaban J connectivity index is 0.000000531. The van der Waals surface area contributed by atoms with Gasteiger partial charge in [0.25, 0.3) is 0 Å². The smallest absolute Gasteiger partial charge is 0.327 e. The van der Waals surface area contributed by atoms with Crippen molar-refractivity contribution >= 4 is 16.9 Å². The summed E-state index contributed by atoms with van der Waals surface area (Å²) in [5.41, 5.74) is 8.06. The van der Waals surface area contributed by atoms with Gasteiger partial charge in [-0.15, -0.1) is 0 Å². The zero-order valence-electron chi connectivity index (χ0n) is 29.0. The van der Waals surface area contributed by atoms with E-state index in [1.165, 1.54) is 23.8 Å².